The number of carbonyl (C=O) groups is 2. The van der Waals surface area contributed by atoms with Gasteiger partial charge in [0.05, 0.1) is 6.20 Å². The van der Waals surface area contributed by atoms with Crippen LogP contribution in [0.3, 0.4) is 0 Å². The van der Waals surface area contributed by atoms with E-state index in [0.29, 0.717) is 49.1 Å². The highest BCUT2D eigenvalue weighted by Crippen LogP contribution is 2.31. The van der Waals surface area contributed by atoms with Gasteiger partial charge in [0, 0.05) is 50.5 Å². The van der Waals surface area contributed by atoms with Crippen LogP contribution in [0, 0.1) is 5.92 Å². The maximum atomic E-state index is 13.9. The number of hydrogen-bond donors (Lipinski definition) is 1. The van der Waals surface area contributed by atoms with Gasteiger partial charge in [-0.25, -0.2) is 14.6 Å². The number of aromatic nitrogens is 3. The minimum Gasteiger partial charge on any atom is -0.444 e. The highest BCUT2D eigenvalue weighted by atomic mass is 16.6. The van der Waals surface area contributed by atoms with Crippen LogP contribution in [-0.4, -0.2) is 81.8 Å². The van der Waals surface area contributed by atoms with Gasteiger partial charge in [-0.3, -0.25) is 4.90 Å². The van der Waals surface area contributed by atoms with Gasteiger partial charge in [0.15, 0.2) is 5.65 Å². The van der Waals surface area contributed by atoms with E-state index in [1.54, 1.807) is 14.3 Å². The van der Waals surface area contributed by atoms with Gasteiger partial charge in [0.25, 0.3) is 0 Å². The van der Waals surface area contributed by atoms with Gasteiger partial charge in [-0.2, -0.15) is 9.61 Å². The number of ether oxygens (including phenoxy) is 3. The van der Waals surface area contributed by atoms with E-state index in [-0.39, 0.29) is 18.1 Å². The molecule has 41 heavy (non-hydrogen) atoms. The normalized spacial score (nSPS) is 17.6. The van der Waals surface area contributed by atoms with Crippen molar-refractivity contribution in [2.24, 2.45) is 5.92 Å². The smallest absolute Gasteiger partial charge is 0.416 e. The summed E-state index contributed by atoms with van der Waals surface area (Å²) in [5.41, 5.74) is 0.467. The standard InChI is InChI=1S/C30H48N6O5/c1-20(2)23-19-32-36-25(17-24(33-26(23)36)31-18-21-11-15-39-16-12-21)35(28(38)41-30(6,7)8)22-9-13-34(14-10-22)27(37)40-29(3,4)5/h17,19-22H,9-16,18H2,1-8H3,(H,31,33). The fourth-order valence-corrected chi connectivity index (χ4v) is 5.21. The molecule has 0 bridgehead atoms. The van der Waals surface area contributed by atoms with Crippen molar-refractivity contribution in [2.75, 3.05) is 43.1 Å². The first-order valence-corrected chi connectivity index (χ1v) is 14.9. The Balaban J connectivity index is 1.68. The molecule has 0 saturated carbocycles. The highest BCUT2D eigenvalue weighted by molar-refractivity contribution is 5.89. The Bertz CT molecular complexity index is 1200. The molecule has 0 spiro atoms. The molecule has 2 aliphatic heterocycles. The van der Waals surface area contributed by atoms with Crippen molar-refractivity contribution in [1.82, 2.24) is 19.5 Å². The van der Waals surface area contributed by atoms with E-state index in [1.165, 1.54) is 0 Å². The fourth-order valence-electron chi connectivity index (χ4n) is 5.21. The first kappa shape index (κ1) is 30.9. The zero-order chi connectivity index (χ0) is 29.9. The van der Waals surface area contributed by atoms with Gasteiger partial charge >= 0.3 is 12.2 Å². The average Bonchev–Trinajstić information content (AvgIpc) is 3.31. The summed E-state index contributed by atoms with van der Waals surface area (Å²) < 4.78 is 18.8. The van der Waals surface area contributed by atoms with Crippen LogP contribution < -0.4 is 10.2 Å². The molecular formula is C30H48N6O5. The van der Waals surface area contributed by atoms with Gasteiger partial charge in [-0.1, -0.05) is 13.8 Å². The minimum absolute atomic E-state index is 0.200. The lowest BCUT2D eigenvalue weighted by Crippen LogP contribution is -2.51. The number of likely N-dealkylation sites (tertiary alicyclic amines) is 1. The molecule has 0 aromatic carbocycles. The SMILES string of the molecule is CC(C)c1cnn2c(N(C(=O)OC(C)(C)C)C3CCN(C(=O)OC(C)(C)C)CC3)cc(NCC3CCOCC3)nc12. The molecule has 2 aromatic heterocycles. The van der Waals surface area contributed by atoms with Gasteiger partial charge in [-0.05, 0) is 79.1 Å². The number of anilines is 2. The second kappa shape index (κ2) is 12.4. The van der Waals surface area contributed by atoms with Crippen molar-refractivity contribution in [3.8, 4) is 0 Å². The van der Waals surface area contributed by atoms with Gasteiger partial charge in [-0.15, -0.1) is 0 Å². The molecule has 4 rings (SSSR count). The van der Waals surface area contributed by atoms with Gasteiger partial charge < -0.3 is 24.4 Å². The number of piperidine rings is 1. The van der Waals surface area contributed by atoms with E-state index in [2.05, 4.69) is 24.3 Å². The van der Waals surface area contributed by atoms with Crippen LogP contribution in [0.1, 0.15) is 92.6 Å². The van der Waals surface area contributed by atoms with Gasteiger partial charge in [0.2, 0.25) is 0 Å². The molecule has 0 atom stereocenters. The maximum absolute atomic E-state index is 13.9. The molecule has 2 fully saturated rings. The van der Waals surface area contributed by atoms with Crippen LogP contribution in [0.25, 0.3) is 5.65 Å². The largest absolute Gasteiger partial charge is 0.444 e. The Morgan fingerprint density at radius 2 is 1.68 bits per heavy atom. The van der Waals surface area contributed by atoms with Crippen molar-refractivity contribution < 1.29 is 23.8 Å². The van der Waals surface area contributed by atoms with Crippen LogP contribution in [-0.2, 0) is 14.2 Å². The monoisotopic (exact) mass is 572 g/mol. The van der Waals surface area contributed by atoms with E-state index in [0.717, 1.165) is 38.2 Å². The molecule has 228 valence electrons. The molecule has 11 nitrogen and oxygen atoms in total. The Morgan fingerprint density at radius 1 is 1.05 bits per heavy atom. The van der Waals surface area contributed by atoms with Crippen molar-refractivity contribution >= 4 is 29.5 Å². The third kappa shape index (κ3) is 8.02. The summed E-state index contributed by atoms with van der Waals surface area (Å²) in [6.45, 7) is 18.7. The predicted molar refractivity (Wildman–Crippen MR) is 159 cm³/mol. The third-order valence-corrected chi connectivity index (χ3v) is 7.33. The molecule has 2 aromatic rings. The van der Waals surface area contributed by atoms with Crippen LogP contribution in [0.5, 0.6) is 0 Å². The number of carbonyl (C=O) groups excluding carboxylic acids is 2. The Hall–Kier alpha value is -3.08. The summed E-state index contributed by atoms with van der Waals surface area (Å²) in [5.74, 6) is 1.99. The minimum atomic E-state index is -0.684. The number of amides is 2. The summed E-state index contributed by atoms with van der Waals surface area (Å²) in [5, 5.41) is 8.22. The topological polar surface area (TPSA) is 111 Å². The maximum Gasteiger partial charge on any atom is 0.416 e. The molecule has 4 heterocycles. The van der Waals surface area contributed by atoms with Crippen LogP contribution in [0.2, 0.25) is 0 Å². The molecule has 2 saturated heterocycles. The molecule has 2 amide bonds. The number of fused-ring (bicyclic) bond motifs is 1. The average molecular weight is 573 g/mol. The summed E-state index contributed by atoms with van der Waals surface area (Å²) in [6.07, 6.45) is 4.21. The predicted octanol–water partition coefficient (Wildman–Crippen LogP) is 5.83. The lowest BCUT2D eigenvalue weighted by molar-refractivity contribution is 0.0200. The Kier molecular flexibility index (Phi) is 9.35. The summed E-state index contributed by atoms with van der Waals surface area (Å²) >= 11 is 0. The molecule has 11 heteroatoms. The molecule has 0 radical (unpaired) electrons. The van der Waals surface area contributed by atoms with Crippen molar-refractivity contribution in [3.05, 3.63) is 17.8 Å². The molecule has 0 unspecified atom stereocenters. The van der Waals surface area contributed by atoms with E-state index >= 15 is 0 Å². The van der Waals surface area contributed by atoms with Crippen molar-refractivity contribution in [2.45, 2.75) is 104 Å². The second-order valence-corrected chi connectivity index (χ2v) is 13.5. The number of nitrogens with zero attached hydrogens (tertiary/aromatic N) is 5. The zero-order valence-electron chi connectivity index (χ0n) is 26.0. The number of rotatable bonds is 6. The van der Waals surface area contributed by atoms with E-state index in [1.807, 2.05) is 53.8 Å². The fraction of sp³-hybridized carbons (Fsp3) is 0.733. The molecule has 0 aliphatic carbocycles. The Labute approximate surface area is 243 Å². The third-order valence-electron chi connectivity index (χ3n) is 7.33. The van der Waals surface area contributed by atoms with Crippen LogP contribution in [0.15, 0.2) is 12.3 Å². The van der Waals surface area contributed by atoms with E-state index < -0.39 is 17.3 Å². The van der Waals surface area contributed by atoms with Crippen molar-refractivity contribution in [1.29, 1.82) is 0 Å². The number of hydrogen-bond acceptors (Lipinski definition) is 8. The van der Waals surface area contributed by atoms with Crippen LogP contribution in [0.4, 0.5) is 21.2 Å². The lowest BCUT2D eigenvalue weighted by atomic mass is 10.0. The molecular weight excluding hydrogens is 524 g/mol. The Morgan fingerprint density at radius 3 is 2.27 bits per heavy atom. The molecule has 2 aliphatic rings. The zero-order valence-corrected chi connectivity index (χ0v) is 26.0. The first-order valence-electron chi connectivity index (χ1n) is 14.9. The molecule has 1 N–H and O–H groups in total. The van der Waals surface area contributed by atoms with E-state index in [4.69, 9.17) is 19.2 Å². The first-order chi connectivity index (χ1) is 19.2. The summed E-state index contributed by atoms with van der Waals surface area (Å²) in [6, 6.07) is 1.69. The quantitative estimate of drug-likeness (QED) is 0.460. The van der Waals surface area contributed by atoms with E-state index in [9.17, 15) is 9.59 Å². The lowest BCUT2D eigenvalue weighted by Gasteiger charge is -2.39. The van der Waals surface area contributed by atoms with Crippen LogP contribution >= 0.6 is 0 Å². The summed E-state index contributed by atoms with van der Waals surface area (Å²) in [4.78, 5) is 35.0. The van der Waals surface area contributed by atoms with Crippen molar-refractivity contribution in [3.63, 3.8) is 0 Å². The number of nitrogens with one attached hydrogen (secondary N) is 1. The van der Waals surface area contributed by atoms with Gasteiger partial charge in [0.1, 0.15) is 22.8 Å². The second-order valence-electron chi connectivity index (χ2n) is 13.5. The summed E-state index contributed by atoms with van der Waals surface area (Å²) in [7, 11) is 0. The highest BCUT2D eigenvalue weighted by Gasteiger charge is 2.36.